The van der Waals surface area contributed by atoms with Crippen LogP contribution < -0.4 is 5.32 Å². The summed E-state index contributed by atoms with van der Waals surface area (Å²) in [5, 5.41) is 3.09. The van der Waals surface area contributed by atoms with Crippen LogP contribution in [0.3, 0.4) is 0 Å². The Morgan fingerprint density at radius 2 is 2.20 bits per heavy atom. The lowest BCUT2D eigenvalue weighted by molar-refractivity contribution is -0.139. The van der Waals surface area contributed by atoms with Gasteiger partial charge in [0.2, 0.25) is 11.8 Å². The minimum absolute atomic E-state index is 0.163. The fourth-order valence-electron chi connectivity index (χ4n) is 3.63. The smallest absolute Gasteiger partial charge is 0.234 e. The van der Waals surface area contributed by atoms with Crippen molar-refractivity contribution in [2.45, 2.75) is 18.8 Å². The van der Waals surface area contributed by atoms with Crippen LogP contribution >= 0.6 is 11.6 Å². The number of rotatable bonds is 1. The predicted molar refractivity (Wildman–Crippen MR) is 76.5 cm³/mol. The number of hydrogen-bond acceptors (Lipinski definition) is 3. The largest absolute Gasteiger partial charge is 0.306 e. The third-order valence-corrected chi connectivity index (χ3v) is 4.64. The average Bonchev–Trinajstić information content (AvgIpc) is 2.69. The Bertz CT molecular complexity index is 575. The first-order chi connectivity index (χ1) is 9.50. The Morgan fingerprint density at radius 3 is 2.85 bits per heavy atom. The molecule has 0 saturated carbocycles. The Labute approximate surface area is 123 Å². The molecule has 1 spiro atoms. The summed E-state index contributed by atoms with van der Waals surface area (Å²) in [4.78, 5) is 26.4. The molecule has 2 saturated heterocycles. The summed E-state index contributed by atoms with van der Waals surface area (Å²) in [7, 11) is 2.03. The predicted octanol–water partition coefficient (Wildman–Crippen LogP) is 1.79. The van der Waals surface area contributed by atoms with E-state index in [9.17, 15) is 9.59 Å². The van der Waals surface area contributed by atoms with Crippen molar-refractivity contribution in [3.63, 3.8) is 0 Å². The van der Waals surface area contributed by atoms with Crippen LogP contribution in [0.15, 0.2) is 24.3 Å². The van der Waals surface area contributed by atoms with E-state index in [0.717, 1.165) is 25.1 Å². The number of nitrogens with one attached hydrogen (secondary N) is 1. The number of hydrogen-bond donors (Lipinski definition) is 1. The Balaban J connectivity index is 2.04. The van der Waals surface area contributed by atoms with Crippen LogP contribution in [0.1, 0.15) is 24.3 Å². The van der Waals surface area contributed by atoms with Crippen molar-refractivity contribution in [3.8, 4) is 0 Å². The summed E-state index contributed by atoms with van der Waals surface area (Å²) < 4.78 is 0. The van der Waals surface area contributed by atoms with Crippen molar-refractivity contribution >= 4 is 23.4 Å². The minimum atomic E-state index is -0.302. The van der Waals surface area contributed by atoms with Crippen LogP contribution in [0.5, 0.6) is 0 Å². The van der Waals surface area contributed by atoms with Gasteiger partial charge < -0.3 is 4.90 Å². The molecule has 1 aromatic carbocycles. The zero-order chi connectivity index (χ0) is 14.3. The van der Waals surface area contributed by atoms with Gasteiger partial charge in [-0.1, -0.05) is 23.7 Å². The molecule has 2 amide bonds. The van der Waals surface area contributed by atoms with Crippen molar-refractivity contribution < 1.29 is 9.59 Å². The number of halogens is 1. The average molecular weight is 293 g/mol. The standard InChI is InChI=1S/C15H17ClN2O2/c1-18-6-5-15(9-18)8-12(19)17-14(20)13(15)10-3-2-4-11(16)7-10/h2-4,7,13H,5-6,8-9H2,1H3,(H,17,19,20). The maximum atomic E-state index is 12.4. The fourth-order valence-corrected chi connectivity index (χ4v) is 3.83. The number of piperidine rings is 1. The molecule has 0 aromatic heterocycles. The van der Waals surface area contributed by atoms with E-state index >= 15 is 0 Å². The number of likely N-dealkylation sites (tertiary alicyclic amines) is 1. The van der Waals surface area contributed by atoms with Gasteiger partial charge in [-0.2, -0.15) is 0 Å². The first-order valence-electron chi connectivity index (χ1n) is 6.78. The van der Waals surface area contributed by atoms with Gasteiger partial charge in [0.25, 0.3) is 0 Å². The van der Waals surface area contributed by atoms with Crippen LogP contribution in [-0.2, 0) is 9.59 Å². The highest BCUT2D eigenvalue weighted by Gasteiger charge is 2.51. The molecule has 2 aliphatic rings. The summed E-state index contributed by atoms with van der Waals surface area (Å²) in [5.41, 5.74) is 0.608. The Morgan fingerprint density at radius 1 is 1.40 bits per heavy atom. The molecule has 0 aliphatic carbocycles. The van der Waals surface area contributed by atoms with Crippen molar-refractivity contribution in [1.82, 2.24) is 10.2 Å². The molecular weight excluding hydrogens is 276 g/mol. The van der Waals surface area contributed by atoms with Gasteiger partial charge in [-0.05, 0) is 37.7 Å². The molecule has 0 radical (unpaired) electrons. The number of nitrogens with zero attached hydrogens (tertiary/aromatic N) is 1. The SMILES string of the molecule is CN1CCC2(CC(=O)NC(=O)C2c2cccc(Cl)c2)C1. The van der Waals surface area contributed by atoms with E-state index in [2.05, 4.69) is 10.2 Å². The van der Waals surface area contributed by atoms with Crippen LogP contribution in [0.4, 0.5) is 0 Å². The second-order valence-corrected chi connectivity index (χ2v) is 6.36. The lowest BCUT2D eigenvalue weighted by Crippen LogP contribution is -2.51. The van der Waals surface area contributed by atoms with E-state index in [0.29, 0.717) is 11.4 Å². The molecule has 2 aliphatic heterocycles. The molecule has 20 heavy (non-hydrogen) atoms. The van der Waals surface area contributed by atoms with E-state index in [4.69, 9.17) is 11.6 Å². The maximum absolute atomic E-state index is 12.4. The van der Waals surface area contributed by atoms with Crippen LogP contribution in [0, 0.1) is 5.41 Å². The maximum Gasteiger partial charge on any atom is 0.234 e. The molecular formula is C15H17ClN2O2. The molecule has 0 bridgehead atoms. The van der Waals surface area contributed by atoms with Gasteiger partial charge in [0.05, 0.1) is 5.92 Å². The first-order valence-corrected chi connectivity index (χ1v) is 7.16. The van der Waals surface area contributed by atoms with Crippen LogP contribution in [-0.4, -0.2) is 36.9 Å². The van der Waals surface area contributed by atoms with E-state index in [-0.39, 0.29) is 23.1 Å². The highest BCUT2D eigenvalue weighted by Crippen LogP contribution is 2.48. The van der Waals surface area contributed by atoms with Gasteiger partial charge in [0.1, 0.15) is 0 Å². The third kappa shape index (κ3) is 2.23. The third-order valence-electron chi connectivity index (χ3n) is 4.41. The lowest BCUT2D eigenvalue weighted by atomic mass is 9.66. The van der Waals surface area contributed by atoms with Gasteiger partial charge >= 0.3 is 0 Å². The monoisotopic (exact) mass is 292 g/mol. The van der Waals surface area contributed by atoms with E-state index in [1.165, 1.54) is 0 Å². The summed E-state index contributed by atoms with van der Waals surface area (Å²) in [6.45, 7) is 1.68. The summed E-state index contributed by atoms with van der Waals surface area (Å²) in [6.07, 6.45) is 1.26. The van der Waals surface area contributed by atoms with Gasteiger partial charge in [0, 0.05) is 23.4 Å². The molecule has 2 unspecified atom stereocenters. The molecule has 2 fully saturated rings. The van der Waals surface area contributed by atoms with Gasteiger partial charge in [-0.3, -0.25) is 14.9 Å². The second-order valence-electron chi connectivity index (χ2n) is 5.93. The molecule has 5 heteroatoms. The number of amides is 2. The quantitative estimate of drug-likeness (QED) is 0.803. The number of carbonyl (C=O) groups is 2. The first kappa shape index (κ1) is 13.6. The minimum Gasteiger partial charge on any atom is -0.306 e. The van der Waals surface area contributed by atoms with Gasteiger partial charge in [-0.15, -0.1) is 0 Å². The van der Waals surface area contributed by atoms with Gasteiger partial charge in [0.15, 0.2) is 0 Å². The van der Waals surface area contributed by atoms with Crippen molar-refractivity contribution in [2.24, 2.45) is 5.41 Å². The number of carbonyl (C=O) groups excluding carboxylic acids is 2. The summed E-state index contributed by atoms with van der Waals surface area (Å²) >= 11 is 6.06. The highest BCUT2D eigenvalue weighted by atomic mass is 35.5. The molecule has 4 nitrogen and oxygen atoms in total. The lowest BCUT2D eigenvalue weighted by Gasteiger charge is -2.39. The topological polar surface area (TPSA) is 49.4 Å². The van der Waals surface area contributed by atoms with E-state index < -0.39 is 0 Å². The Kier molecular flexibility index (Phi) is 3.30. The van der Waals surface area contributed by atoms with Crippen molar-refractivity contribution in [2.75, 3.05) is 20.1 Å². The summed E-state index contributed by atoms with van der Waals surface area (Å²) in [6, 6.07) is 7.41. The molecule has 2 heterocycles. The molecule has 2 atom stereocenters. The zero-order valence-corrected chi connectivity index (χ0v) is 12.1. The summed E-state index contributed by atoms with van der Waals surface area (Å²) in [5.74, 6) is -0.661. The normalized spacial score (nSPS) is 30.8. The molecule has 1 N–H and O–H groups in total. The van der Waals surface area contributed by atoms with E-state index in [1.54, 1.807) is 6.07 Å². The van der Waals surface area contributed by atoms with Crippen LogP contribution in [0.2, 0.25) is 5.02 Å². The van der Waals surface area contributed by atoms with Crippen molar-refractivity contribution in [3.05, 3.63) is 34.9 Å². The van der Waals surface area contributed by atoms with Gasteiger partial charge in [-0.25, -0.2) is 0 Å². The number of imide groups is 1. The Hall–Kier alpha value is -1.39. The fraction of sp³-hybridized carbons (Fsp3) is 0.467. The van der Waals surface area contributed by atoms with E-state index in [1.807, 2.05) is 25.2 Å². The van der Waals surface area contributed by atoms with Crippen molar-refractivity contribution in [1.29, 1.82) is 0 Å². The molecule has 1 aromatic rings. The molecule has 106 valence electrons. The number of benzene rings is 1. The highest BCUT2D eigenvalue weighted by molar-refractivity contribution is 6.30. The molecule has 3 rings (SSSR count). The zero-order valence-electron chi connectivity index (χ0n) is 11.4. The second kappa shape index (κ2) is 4.86. The van der Waals surface area contributed by atoms with Crippen LogP contribution in [0.25, 0.3) is 0 Å².